The van der Waals surface area contributed by atoms with E-state index in [0.29, 0.717) is 16.4 Å². The molecule has 0 spiro atoms. The van der Waals surface area contributed by atoms with Gasteiger partial charge in [0.05, 0.1) is 9.82 Å². The first-order valence-corrected chi connectivity index (χ1v) is 9.01. The van der Waals surface area contributed by atoms with Gasteiger partial charge < -0.3 is 10.8 Å². The van der Waals surface area contributed by atoms with Gasteiger partial charge in [-0.2, -0.15) is 11.8 Å². The third-order valence-corrected chi connectivity index (χ3v) is 5.42. The van der Waals surface area contributed by atoms with Gasteiger partial charge in [-0.3, -0.25) is 14.9 Å². The molecule has 0 unspecified atom stereocenters. The number of thioether (sulfide) groups is 1. The molecule has 2 rings (SSSR count). The van der Waals surface area contributed by atoms with Gasteiger partial charge in [0.25, 0.3) is 5.69 Å². The van der Waals surface area contributed by atoms with Gasteiger partial charge >= 0.3 is 5.97 Å². The predicted molar refractivity (Wildman–Crippen MR) is 95.4 cm³/mol. The van der Waals surface area contributed by atoms with E-state index in [1.807, 2.05) is 24.3 Å². The molecular weight excluding hydrogens is 348 g/mol. The Kier molecular flexibility index (Phi) is 6.65. The van der Waals surface area contributed by atoms with E-state index in [0.717, 1.165) is 10.5 Å². The zero-order valence-corrected chi connectivity index (χ0v) is 14.3. The van der Waals surface area contributed by atoms with Crippen LogP contribution in [0.3, 0.4) is 0 Å². The van der Waals surface area contributed by atoms with Gasteiger partial charge in [0, 0.05) is 22.5 Å². The summed E-state index contributed by atoms with van der Waals surface area (Å²) in [4.78, 5) is 23.0. The number of carbonyl (C=O) groups is 1. The summed E-state index contributed by atoms with van der Waals surface area (Å²) in [5.74, 6) is -0.130. The molecule has 126 valence electrons. The normalized spacial score (nSPS) is 11.9. The molecule has 0 aliphatic rings. The zero-order valence-electron chi connectivity index (χ0n) is 12.6. The Morgan fingerprint density at radius 1 is 1.17 bits per heavy atom. The third-order valence-electron chi connectivity index (χ3n) is 3.13. The van der Waals surface area contributed by atoms with Gasteiger partial charge in [0.15, 0.2) is 0 Å². The van der Waals surface area contributed by atoms with Crippen LogP contribution in [0.1, 0.15) is 5.56 Å². The molecule has 0 aromatic heterocycles. The van der Waals surface area contributed by atoms with Crippen LogP contribution in [-0.2, 0) is 10.5 Å². The maximum absolute atomic E-state index is 11.1. The number of nitrogens with zero attached hydrogens (tertiary/aromatic N) is 1. The van der Waals surface area contributed by atoms with E-state index < -0.39 is 16.9 Å². The van der Waals surface area contributed by atoms with Crippen LogP contribution in [0.25, 0.3) is 0 Å². The molecule has 1 atom stereocenters. The van der Waals surface area contributed by atoms with Crippen molar-refractivity contribution in [3.05, 3.63) is 64.2 Å². The molecule has 0 fully saturated rings. The summed E-state index contributed by atoms with van der Waals surface area (Å²) in [5.41, 5.74) is 6.55. The SMILES string of the molecule is N[C@@H](CSCc1ccccc1Sc1ccccc1[N+](=O)[O-])C(=O)O. The molecule has 0 heterocycles. The molecule has 0 bridgehead atoms. The van der Waals surface area contributed by atoms with Crippen LogP contribution in [0, 0.1) is 10.1 Å². The van der Waals surface area contributed by atoms with E-state index in [1.54, 1.807) is 18.2 Å². The predicted octanol–water partition coefficient (Wildman–Crippen LogP) is 3.39. The average molecular weight is 364 g/mol. The van der Waals surface area contributed by atoms with Crippen LogP contribution in [0.15, 0.2) is 58.3 Å². The minimum atomic E-state index is -1.02. The summed E-state index contributed by atoms with van der Waals surface area (Å²) < 4.78 is 0. The standard InChI is InChI=1S/C16H16N2O4S2/c17-12(16(19)20)10-23-9-11-5-1-3-7-14(11)24-15-8-4-2-6-13(15)18(21)22/h1-8,12H,9-10,17H2,(H,19,20)/t12-/m0/s1. The number of para-hydroxylation sites is 1. The minimum Gasteiger partial charge on any atom is -0.480 e. The van der Waals surface area contributed by atoms with Crippen molar-refractivity contribution in [3.63, 3.8) is 0 Å². The van der Waals surface area contributed by atoms with Crippen LogP contribution in [0.2, 0.25) is 0 Å². The van der Waals surface area contributed by atoms with Crippen molar-refractivity contribution in [2.75, 3.05) is 5.75 Å². The molecule has 6 nitrogen and oxygen atoms in total. The third kappa shape index (κ3) is 4.98. The summed E-state index contributed by atoms with van der Waals surface area (Å²) in [6.07, 6.45) is 0. The highest BCUT2D eigenvalue weighted by molar-refractivity contribution is 8.00. The smallest absolute Gasteiger partial charge is 0.321 e. The highest BCUT2D eigenvalue weighted by Gasteiger charge is 2.16. The summed E-state index contributed by atoms with van der Waals surface area (Å²) >= 11 is 2.76. The summed E-state index contributed by atoms with van der Waals surface area (Å²) in [6, 6.07) is 13.3. The van der Waals surface area contributed by atoms with Crippen LogP contribution in [0.5, 0.6) is 0 Å². The largest absolute Gasteiger partial charge is 0.480 e. The van der Waals surface area contributed by atoms with Gasteiger partial charge in [0.1, 0.15) is 6.04 Å². The monoisotopic (exact) mass is 364 g/mol. The van der Waals surface area contributed by atoms with E-state index in [2.05, 4.69) is 0 Å². The Labute approximate surface area is 147 Å². The lowest BCUT2D eigenvalue weighted by Gasteiger charge is -2.10. The number of nitro benzene ring substituents is 1. The van der Waals surface area contributed by atoms with Crippen LogP contribution in [0.4, 0.5) is 5.69 Å². The fourth-order valence-corrected chi connectivity index (χ4v) is 4.03. The summed E-state index contributed by atoms with van der Waals surface area (Å²) in [7, 11) is 0. The topological polar surface area (TPSA) is 106 Å². The number of nitrogens with two attached hydrogens (primary N) is 1. The molecule has 0 saturated carbocycles. The number of aliphatic carboxylic acids is 1. The number of carboxylic acid groups (broad SMARTS) is 1. The van der Waals surface area contributed by atoms with Gasteiger partial charge in [-0.1, -0.05) is 42.1 Å². The lowest BCUT2D eigenvalue weighted by molar-refractivity contribution is -0.387. The number of benzene rings is 2. The summed E-state index contributed by atoms with van der Waals surface area (Å²) in [5, 5.41) is 19.9. The Hall–Kier alpha value is -2.03. The van der Waals surface area contributed by atoms with E-state index in [4.69, 9.17) is 10.8 Å². The van der Waals surface area contributed by atoms with E-state index in [-0.39, 0.29) is 5.69 Å². The van der Waals surface area contributed by atoms with Crippen molar-refractivity contribution < 1.29 is 14.8 Å². The van der Waals surface area contributed by atoms with Crippen LogP contribution >= 0.6 is 23.5 Å². The molecular formula is C16H16N2O4S2. The van der Waals surface area contributed by atoms with Gasteiger partial charge in [-0.05, 0) is 17.7 Å². The van der Waals surface area contributed by atoms with Crippen molar-refractivity contribution in [1.29, 1.82) is 0 Å². The highest BCUT2D eigenvalue weighted by atomic mass is 32.2. The van der Waals surface area contributed by atoms with Crippen molar-refractivity contribution in [3.8, 4) is 0 Å². The minimum absolute atomic E-state index is 0.0675. The number of carboxylic acids is 1. The fourth-order valence-electron chi connectivity index (χ4n) is 1.90. The van der Waals surface area contributed by atoms with Gasteiger partial charge in [0.2, 0.25) is 0 Å². The maximum atomic E-state index is 11.1. The fraction of sp³-hybridized carbons (Fsp3) is 0.188. The average Bonchev–Trinajstić information content (AvgIpc) is 2.56. The number of rotatable bonds is 8. The number of hydrogen-bond acceptors (Lipinski definition) is 6. The molecule has 0 saturated heterocycles. The quantitative estimate of drug-likeness (QED) is 0.546. The van der Waals surface area contributed by atoms with Crippen molar-refractivity contribution in [1.82, 2.24) is 0 Å². The van der Waals surface area contributed by atoms with Crippen LogP contribution < -0.4 is 5.73 Å². The van der Waals surface area contributed by atoms with Crippen molar-refractivity contribution in [2.45, 2.75) is 21.6 Å². The first-order chi connectivity index (χ1) is 11.5. The Bertz CT molecular complexity index is 740. The first kappa shape index (κ1) is 18.3. The van der Waals surface area contributed by atoms with Gasteiger partial charge in [-0.15, -0.1) is 0 Å². The first-order valence-electron chi connectivity index (χ1n) is 7.04. The number of nitro groups is 1. The summed E-state index contributed by atoms with van der Waals surface area (Å²) in [6.45, 7) is 0. The molecule has 0 aliphatic carbocycles. The maximum Gasteiger partial charge on any atom is 0.321 e. The van der Waals surface area contributed by atoms with Crippen molar-refractivity contribution in [2.24, 2.45) is 5.73 Å². The molecule has 24 heavy (non-hydrogen) atoms. The number of hydrogen-bond donors (Lipinski definition) is 2. The van der Waals surface area contributed by atoms with Crippen LogP contribution in [-0.4, -0.2) is 27.8 Å². The molecule has 2 aromatic rings. The van der Waals surface area contributed by atoms with E-state index >= 15 is 0 Å². The molecule has 8 heteroatoms. The van der Waals surface area contributed by atoms with E-state index in [9.17, 15) is 14.9 Å². The second-order valence-corrected chi connectivity index (χ2v) is 7.01. The molecule has 0 amide bonds. The Balaban J connectivity index is 2.12. The molecule has 2 aromatic carbocycles. The Morgan fingerprint density at radius 3 is 2.46 bits per heavy atom. The zero-order chi connectivity index (χ0) is 17.5. The van der Waals surface area contributed by atoms with E-state index in [1.165, 1.54) is 29.6 Å². The lowest BCUT2D eigenvalue weighted by Crippen LogP contribution is -2.32. The molecule has 3 N–H and O–H groups in total. The molecule has 0 radical (unpaired) electrons. The highest BCUT2D eigenvalue weighted by Crippen LogP contribution is 2.37. The van der Waals surface area contributed by atoms with Crippen molar-refractivity contribution >= 4 is 35.2 Å². The Morgan fingerprint density at radius 2 is 1.79 bits per heavy atom. The van der Waals surface area contributed by atoms with Gasteiger partial charge in [-0.25, -0.2) is 0 Å². The lowest BCUT2D eigenvalue weighted by atomic mass is 10.2. The second kappa shape index (κ2) is 8.72. The second-order valence-electron chi connectivity index (χ2n) is 4.89. The molecule has 0 aliphatic heterocycles.